The van der Waals surface area contributed by atoms with Crippen molar-refractivity contribution in [1.82, 2.24) is 9.71 Å². The van der Waals surface area contributed by atoms with Crippen LogP contribution >= 0.6 is 15.9 Å². The zero-order chi connectivity index (χ0) is 13.9. The number of nitrogens with one attached hydrogen (secondary N) is 1. The second-order valence-corrected chi connectivity index (χ2v) is 6.67. The number of sulfonamides is 1. The van der Waals surface area contributed by atoms with Gasteiger partial charge in [0.25, 0.3) is 0 Å². The fourth-order valence-electron chi connectivity index (χ4n) is 1.57. The fraction of sp³-hybridized carbons (Fsp3) is 0.154. The van der Waals surface area contributed by atoms with E-state index < -0.39 is 10.0 Å². The van der Waals surface area contributed by atoms with Crippen LogP contribution in [0.3, 0.4) is 0 Å². The Morgan fingerprint density at radius 3 is 2.68 bits per heavy atom. The van der Waals surface area contributed by atoms with Gasteiger partial charge in [-0.3, -0.25) is 4.98 Å². The number of pyridine rings is 1. The summed E-state index contributed by atoms with van der Waals surface area (Å²) in [6.07, 6.45) is 1.63. The molecule has 0 aliphatic rings. The van der Waals surface area contributed by atoms with Gasteiger partial charge in [0, 0.05) is 10.7 Å². The van der Waals surface area contributed by atoms with E-state index in [1.165, 1.54) is 0 Å². The lowest BCUT2D eigenvalue weighted by atomic mass is 10.2. The number of nitrogens with zero attached hydrogens (tertiary/aromatic N) is 1. The zero-order valence-corrected chi connectivity index (χ0v) is 12.7. The molecule has 0 bridgehead atoms. The molecule has 0 aliphatic carbocycles. The van der Waals surface area contributed by atoms with Crippen molar-refractivity contribution in [3.05, 3.63) is 58.3 Å². The maximum Gasteiger partial charge on any atom is 0.242 e. The lowest BCUT2D eigenvalue weighted by Gasteiger charge is -2.08. The highest BCUT2D eigenvalue weighted by Crippen LogP contribution is 2.22. The van der Waals surface area contributed by atoms with E-state index in [4.69, 9.17) is 0 Å². The van der Waals surface area contributed by atoms with Crippen LogP contribution in [0, 0.1) is 6.92 Å². The lowest BCUT2D eigenvalue weighted by Crippen LogP contribution is -2.24. The Bertz CT molecular complexity index is 672. The maximum absolute atomic E-state index is 12.2. The summed E-state index contributed by atoms with van der Waals surface area (Å²) in [7, 11) is -3.54. The first-order valence-electron chi connectivity index (χ1n) is 5.65. The summed E-state index contributed by atoms with van der Waals surface area (Å²) in [5, 5.41) is 0. The molecule has 4 nitrogen and oxygen atoms in total. The number of hydrogen-bond acceptors (Lipinski definition) is 3. The molecule has 1 aromatic heterocycles. The molecular formula is C13H13BrN2O2S. The van der Waals surface area contributed by atoms with Gasteiger partial charge in [0.1, 0.15) is 0 Å². The van der Waals surface area contributed by atoms with Crippen molar-refractivity contribution in [2.24, 2.45) is 0 Å². The number of aromatic nitrogens is 1. The van der Waals surface area contributed by atoms with E-state index in [2.05, 4.69) is 25.6 Å². The molecule has 1 N–H and O–H groups in total. The second-order valence-electron chi connectivity index (χ2n) is 4.08. The number of halogens is 1. The summed E-state index contributed by atoms with van der Waals surface area (Å²) in [5.41, 5.74) is 1.67. The van der Waals surface area contributed by atoms with Crippen molar-refractivity contribution in [3.63, 3.8) is 0 Å². The highest BCUT2D eigenvalue weighted by molar-refractivity contribution is 9.10. The molecule has 0 aliphatic heterocycles. The SMILES string of the molecule is Cc1ccc(S(=O)(=O)NCc2ccccn2)c(Br)c1. The molecule has 0 saturated carbocycles. The first-order chi connectivity index (χ1) is 8.99. The Morgan fingerprint density at radius 1 is 1.26 bits per heavy atom. The molecule has 0 unspecified atom stereocenters. The number of hydrogen-bond donors (Lipinski definition) is 1. The van der Waals surface area contributed by atoms with E-state index in [1.54, 1.807) is 36.5 Å². The van der Waals surface area contributed by atoms with Gasteiger partial charge in [0.15, 0.2) is 0 Å². The number of aryl methyl sites for hydroxylation is 1. The molecule has 2 aromatic rings. The van der Waals surface area contributed by atoms with E-state index in [-0.39, 0.29) is 11.4 Å². The van der Waals surface area contributed by atoms with E-state index in [1.807, 2.05) is 13.0 Å². The minimum Gasteiger partial charge on any atom is -0.260 e. The van der Waals surface area contributed by atoms with Crippen molar-refractivity contribution in [3.8, 4) is 0 Å². The molecule has 100 valence electrons. The molecule has 0 fully saturated rings. The molecule has 6 heteroatoms. The highest BCUT2D eigenvalue weighted by atomic mass is 79.9. The second kappa shape index (κ2) is 5.81. The average molecular weight is 341 g/mol. The molecule has 2 rings (SSSR count). The first-order valence-corrected chi connectivity index (χ1v) is 7.92. The number of benzene rings is 1. The summed E-state index contributed by atoms with van der Waals surface area (Å²) >= 11 is 3.27. The molecule has 19 heavy (non-hydrogen) atoms. The zero-order valence-electron chi connectivity index (χ0n) is 10.3. The molecule has 0 saturated heterocycles. The van der Waals surface area contributed by atoms with Crippen LogP contribution in [0.4, 0.5) is 0 Å². The minimum atomic E-state index is -3.54. The Hall–Kier alpha value is -1.24. The monoisotopic (exact) mass is 340 g/mol. The Labute approximate surface area is 121 Å². The summed E-state index contributed by atoms with van der Waals surface area (Å²) in [6.45, 7) is 2.08. The van der Waals surface area contributed by atoms with Crippen LogP contribution in [0.25, 0.3) is 0 Å². The van der Waals surface area contributed by atoms with Gasteiger partial charge >= 0.3 is 0 Å². The Balaban J connectivity index is 2.19. The van der Waals surface area contributed by atoms with Crippen LogP contribution in [0.5, 0.6) is 0 Å². The van der Waals surface area contributed by atoms with E-state index in [9.17, 15) is 8.42 Å². The van der Waals surface area contributed by atoms with E-state index in [0.717, 1.165) is 5.56 Å². The van der Waals surface area contributed by atoms with Gasteiger partial charge in [-0.25, -0.2) is 13.1 Å². The van der Waals surface area contributed by atoms with Crippen LogP contribution in [-0.2, 0) is 16.6 Å². The summed E-state index contributed by atoms with van der Waals surface area (Å²) in [5.74, 6) is 0. The van der Waals surface area contributed by atoms with Crippen molar-refractivity contribution < 1.29 is 8.42 Å². The Kier molecular flexibility index (Phi) is 4.34. The highest BCUT2D eigenvalue weighted by Gasteiger charge is 2.17. The fourth-order valence-corrected chi connectivity index (χ4v) is 3.76. The van der Waals surface area contributed by atoms with Gasteiger partial charge in [-0.05, 0) is 52.7 Å². The summed E-state index contributed by atoms with van der Waals surface area (Å²) in [6, 6.07) is 10.5. The van der Waals surface area contributed by atoms with Crippen molar-refractivity contribution in [2.45, 2.75) is 18.4 Å². The number of rotatable bonds is 4. The van der Waals surface area contributed by atoms with E-state index >= 15 is 0 Å². The van der Waals surface area contributed by atoms with Crippen LogP contribution in [-0.4, -0.2) is 13.4 Å². The van der Waals surface area contributed by atoms with Gasteiger partial charge in [-0.2, -0.15) is 0 Å². The van der Waals surface area contributed by atoms with Crippen molar-refractivity contribution >= 4 is 26.0 Å². The lowest BCUT2D eigenvalue weighted by molar-refractivity contribution is 0.580. The molecule has 0 amide bonds. The van der Waals surface area contributed by atoms with Crippen LogP contribution in [0.1, 0.15) is 11.3 Å². The molecule has 0 spiro atoms. The first kappa shape index (κ1) is 14.2. The minimum absolute atomic E-state index is 0.170. The third-order valence-corrected chi connectivity index (χ3v) is 4.92. The molecule has 1 aromatic carbocycles. The van der Waals surface area contributed by atoms with Crippen molar-refractivity contribution in [2.75, 3.05) is 0 Å². The van der Waals surface area contributed by atoms with Gasteiger partial charge in [0.05, 0.1) is 17.1 Å². The molecular weight excluding hydrogens is 328 g/mol. The smallest absolute Gasteiger partial charge is 0.242 e. The van der Waals surface area contributed by atoms with Gasteiger partial charge in [-0.15, -0.1) is 0 Å². The Morgan fingerprint density at radius 2 is 2.05 bits per heavy atom. The predicted molar refractivity (Wildman–Crippen MR) is 77.1 cm³/mol. The third kappa shape index (κ3) is 3.62. The average Bonchev–Trinajstić information content (AvgIpc) is 2.37. The topological polar surface area (TPSA) is 59.1 Å². The largest absolute Gasteiger partial charge is 0.260 e. The standard InChI is InChI=1S/C13H13BrN2O2S/c1-10-5-6-13(12(14)8-10)19(17,18)16-9-11-4-2-3-7-15-11/h2-8,16H,9H2,1H3. The molecule has 1 heterocycles. The summed E-state index contributed by atoms with van der Waals surface area (Å²) < 4.78 is 27.4. The normalized spacial score (nSPS) is 11.5. The van der Waals surface area contributed by atoms with E-state index in [0.29, 0.717) is 10.2 Å². The maximum atomic E-state index is 12.2. The van der Waals surface area contributed by atoms with Crippen LogP contribution in [0.15, 0.2) is 52.0 Å². The molecule has 0 atom stereocenters. The van der Waals surface area contributed by atoms with Gasteiger partial charge in [-0.1, -0.05) is 12.1 Å². The van der Waals surface area contributed by atoms with Crippen LogP contribution in [0.2, 0.25) is 0 Å². The summed E-state index contributed by atoms with van der Waals surface area (Å²) in [4.78, 5) is 4.30. The van der Waals surface area contributed by atoms with Crippen LogP contribution < -0.4 is 4.72 Å². The third-order valence-electron chi connectivity index (χ3n) is 2.55. The quantitative estimate of drug-likeness (QED) is 0.930. The van der Waals surface area contributed by atoms with Gasteiger partial charge in [0.2, 0.25) is 10.0 Å². The van der Waals surface area contributed by atoms with Gasteiger partial charge < -0.3 is 0 Å². The van der Waals surface area contributed by atoms with Crippen molar-refractivity contribution in [1.29, 1.82) is 0 Å². The molecule has 0 radical (unpaired) electrons. The predicted octanol–water partition coefficient (Wildman–Crippen LogP) is 2.63.